The smallest absolute Gasteiger partial charge is 0.173 e. The van der Waals surface area contributed by atoms with Gasteiger partial charge in [0, 0.05) is 43.1 Å². The molecule has 3 rings (SSSR count). The first-order valence-electron chi connectivity index (χ1n) is 8.10. The Morgan fingerprint density at radius 2 is 1.71 bits per heavy atom. The Balaban J connectivity index is 1.57. The molecule has 0 spiro atoms. The fourth-order valence-electron chi connectivity index (χ4n) is 2.83. The number of hydrogen-bond acceptors (Lipinski definition) is 3. The van der Waals surface area contributed by atoms with Crippen LogP contribution in [0.4, 0.5) is 11.4 Å². The summed E-state index contributed by atoms with van der Waals surface area (Å²) in [5.41, 5.74) is 2.81. The summed E-state index contributed by atoms with van der Waals surface area (Å²) >= 11 is 5.53. The average Bonchev–Trinajstić information content (AvgIpc) is 2.63. The second-order valence-corrected chi connectivity index (χ2v) is 6.26. The molecule has 1 aliphatic rings. The van der Waals surface area contributed by atoms with Gasteiger partial charge in [-0.25, -0.2) is 0 Å². The van der Waals surface area contributed by atoms with E-state index in [-0.39, 0.29) is 5.78 Å². The lowest BCUT2D eigenvalue weighted by atomic mass is 10.1. The van der Waals surface area contributed by atoms with Crippen LogP contribution in [0.2, 0.25) is 0 Å². The van der Waals surface area contributed by atoms with Gasteiger partial charge in [0.1, 0.15) is 0 Å². The van der Waals surface area contributed by atoms with Gasteiger partial charge in [-0.15, -0.1) is 0 Å². The number of carbonyl (C=O) groups excluding carboxylic acids is 1. The van der Waals surface area contributed by atoms with Gasteiger partial charge in [0.25, 0.3) is 0 Å². The molecule has 0 bridgehead atoms. The maximum atomic E-state index is 11.5. The highest BCUT2D eigenvalue weighted by molar-refractivity contribution is 7.80. The van der Waals surface area contributed by atoms with Crippen molar-refractivity contribution in [2.45, 2.75) is 6.92 Å². The first-order chi connectivity index (χ1) is 11.6. The number of nitrogens with zero attached hydrogens (tertiary/aromatic N) is 2. The van der Waals surface area contributed by atoms with Gasteiger partial charge in [-0.1, -0.05) is 30.3 Å². The molecule has 5 heteroatoms. The quantitative estimate of drug-likeness (QED) is 0.685. The average molecular weight is 339 g/mol. The van der Waals surface area contributed by atoms with Crippen molar-refractivity contribution in [1.82, 2.24) is 4.90 Å². The molecule has 124 valence electrons. The molecule has 1 heterocycles. The fourth-order valence-corrected chi connectivity index (χ4v) is 3.13. The van der Waals surface area contributed by atoms with E-state index in [1.807, 2.05) is 30.3 Å². The first-order valence-corrected chi connectivity index (χ1v) is 8.51. The summed E-state index contributed by atoms with van der Waals surface area (Å²) in [6, 6.07) is 17.9. The van der Waals surface area contributed by atoms with E-state index in [2.05, 4.69) is 39.4 Å². The molecule has 1 aliphatic heterocycles. The van der Waals surface area contributed by atoms with Crippen molar-refractivity contribution in [1.29, 1.82) is 0 Å². The molecule has 4 nitrogen and oxygen atoms in total. The molecule has 1 saturated heterocycles. The minimum Gasteiger partial charge on any atom is -0.368 e. The molecule has 0 aliphatic carbocycles. The van der Waals surface area contributed by atoms with Crippen LogP contribution in [0.1, 0.15) is 17.3 Å². The van der Waals surface area contributed by atoms with Crippen LogP contribution in [0.25, 0.3) is 0 Å². The Bertz CT molecular complexity index is 724. The van der Waals surface area contributed by atoms with E-state index < -0.39 is 0 Å². The SMILES string of the molecule is CC(=O)c1cccc(NC(=S)N2CCN(c3ccccc3)CC2)c1. The van der Waals surface area contributed by atoms with Crippen LogP contribution in [-0.4, -0.2) is 42.0 Å². The molecule has 2 aromatic carbocycles. The standard InChI is InChI=1S/C19H21N3OS/c1-15(23)16-6-5-7-17(14-16)20-19(24)22-12-10-21(11-13-22)18-8-3-2-4-9-18/h2-9,14H,10-13H2,1H3,(H,20,24). The van der Waals surface area contributed by atoms with Gasteiger partial charge >= 0.3 is 0 Å². The van der Waals surface area contributed by atoms with Crippen molar-refractivity contribution in [2.75, 3.05) is 36.4 Å². The number of para-hydroxylation sites is 1. The number of rotatable bonds is 3. The summed E-state index contributed by atoms with van der Waals surface area (Å²) in [5, 5.41) is 3.96. The summed E-state index contributed by atoms with van der Waals surface area (Å²) in [6.07, 6.45) is 0. The predicted molar refractivity (Wildman–Crippen MR) is 103 cm³/mol. The third kappa shape index (κ3) is 3.92. The molecule has 0 radical (unpaired) electrons. The van der Waals surface area contributed by atoms with Crippen molar-refractivity contribution in [2.24, 2.45) is 0 Å². The zero-order valence-electron chi connectivity index (χ0n) is 13.7. The molecule has 0 unspecified atom stereocenters. The van der Waals surface area contributed by atoms with Crippen LogP contribution in [0.3, 0.4) is 0 Å². The summed E-state index contributed by atoms with van der Waals surface area (Å²) in [7, 11) is 0. The Hall–Kier alpha value is -2.40. The fraction of sp³-hybridized carbons (Fsp3) is 0.263. The molecule has 0 amide bonds. The summed E-state index contributed by atoms with van der Waals surface area (Å²) in [4.78, 5) is 16.0. The third-order valence-electron chi connectivity index (χ3n) is 4.21. The lowest BCUT2D eigenvalue weighted by molar-refractivity contribution is 0.101. The van der Waals surface area contributed by atoms with Crippen molar-refractivity contribution in [3.63, 3.8) is 0 Å². The highest BCUT2D eigenvalue weighted by atomic mass is 32.1. The van der Waals surface area contributed by atoms with Gasteiger partial charge in [-0.3, -0.25) is 4.79 Å². The number of nitrogens with one attached hydrogen (secondary N) is 1. The molecule has 0 atom stereocenters. The number of Topliss-reactive ketones (excluding diaryl/α,β-unsaturated/α-hetero) is 1. The molecule has 2 aromatic rings. The topological polar surface area (TPSA) is 35.6 Å². The van der Waals surface area contributed by atoms with Crippen LogP contribution in [0.15, 0.2) is 54.6 Å². The molecule has 24 heavy (non-hydrogen) atoms. The number of benzene rings is 2. The van der Waals surface area contributed by atoms with Crippen molar-refractivity contribution >= 4 is 34.5 Å². The van der Waals surface area contributed by atoms with Crippen LogP contribution in [-0.2, 0) is 0 Å². The zero-order chi connectivity index (χ0) is 16.9. The molecule has 0 aromatic heterocycles. The number of anilines is 2. The van der Waals surface area contributed by atoms with E-state index in [1.165, 1.54) is 5.69 Å². The predicted octanol–water partition coefficient (Wildman–Crippen LogP) is 3.41. The van der Waals surface area contributed by atoms with Crippen molar-refractivity contribution in [3.8, 4) is 0 Å². The minimum atomic E-state index is 0.0565. The van der Waals surface area contributed by atoms with Gasteiger partial charge in [-0.05, 0) is 43.4 Å². The van der Waals surface area contributed by atoms with E-state index in [4.69, 9.17) is 12.2 Å². The summed E-state index contributed by atoms with van der Waals surface area (Å²) < 4.78 is 0. The summed E-state index contributed by atoms with van der Waals surface area (Å²) in [5.74, 6) is 0.0565. The van der Waals surface area contributed by atoms with E-state index >= 15 is 0 Å². The van der Waals surface area contributed by atoms with Gasteiger partial charge < -0.3 is 15.1 Å². The Morgan fingerprint density at radius 1 is 1.00 bits per heavy atom. The number of carbonyl (C=O) groups is 1. The van der Waals surface area contributed by atoms with Gasteiger partial charge in [0.05, 0.1) is 0 Å². The maximum Gasteiger partial charge on any atom is 0.173 e. The molecular formula is C19H21N3OS. The molecule has 1 fully saturated rings. The third-order valence-corrected chi connectivity index (χ3v) is 4.57. The highest BCUT2D eigenvalue weighted by Gasteiger charge is 2.19. The molecule has 1 N–H and O–H groups in total. The lowest BCUT2D eigenvalue weighted by Gasteiger charge is -2.37. The van der Waals surface area contributed by atoms with E-state index in [1.54, 1.807) is 6.92 Å². The van der Waals surface area contributed by atoms with Gasteiger partial charge in [0.2, 0.25) is 0 Å². The Labute approximate surface area is 148 Å². The Kier molecular flexibility index (Phi) is 5.11. The highest BCUT2D eigenvalue weighted by Crippen LogP contribution is 2.17. The second kappa shape index (κ2) is 7.45. The van der Waals surface area contributed by atoms with Gasteiger partial charge in [-0.2, -0.15) is 0 Å². The number of hydrogen-bond donors (Lipinski definition) is 1. The molecular weight excluding hydrogens is 318 g/mol. The first kappa shape index (κ1) is 16.5. The Morgan fingerprint density at radius 3 is 2.38 bits per heavy atom. The minimum absolute atomic E-state index is 0.0565. The lowest BCUT2D eigenvalue weighted by Crippen LogP contribution is -2.50. The summed E-state index contributed by atoms with van der Waals surface area (Å²) in [6.45, 7) is 5.22. The van der Waals surface area contributed by atoms with Crippen molar-refractivity contribution in [3.05, 3.63) is 60.2 Å². The monoisotopic (exact) mass is 339 g/mol. The maximum absolute atomic E-state index is 11.5. The van der Waals surface area contributed by atoms with Gasteiger partial charge in [0.15, 0.2) is 10.9 Å². The number of piperazine rings is 1. The number of thiocarbonyl (C=S) groups is 1. The van der Waals surface area contributed by atoms with Crippen LogP contribution in [0, 0.1) is 0 Å². The molecule has 0 saturated carbocycles. The van der Waals surface area contributed by atoms with Crippen LogP contribution in [0.5, 0.6) is 0 Å². The zero-order valence-corrected chi connectivity index (χ0v) is 14.6. The van der Waals surface area contributed by atoms with Crippen molar-refractivity contribution < 1.29 is 4.79 Å². The van der Waals surface area contributed by atoms with Crippen LogP contribution >= 0.6 is 12.2 Å². The van der Waals surface area contributed by atoms with Crippen LogP contribution < -0.4 is 10.2 Å². The second-order valence-electron chi connectivity index (χ2n) is 5.88. The van der Waals surface area contributed by atoms with E-state index in [9.17, 15) is 4.79 Å². The largest absolute Gasteiger partial charge is 0.368 e. The van der Waals surface area contributed by atoms with E-state index in [0.29, 0.717) is 10.7 Å². The number of ketones is 1. The van der Waals surface area contributed by atoms with E-state index in [0.717, 1.165) is 31.9 Å². The normalized spacial score (nSPS) is 14.4.